The van der Waals surface area contributed by atoms with Crippen molar-refractivity contribution < 1.29 is 13.5 Å². The fourth-order valence-corrected chi connectivity index (χ4v) is 4.73. The van der Waals surface area contributed by atoms with E-state index in [0.717, 1.165) is 32.3 Å². The van der Waals surface area contributed by atoms with Gasteiger partial charge in [0, 0.05) is 0 Å². The van der Waals surface area contributed by atoms with Gasteiger partial charge >= 0.3 is 0 Å². The number of nitrogens with two attached hydrogens (primary N) is 1. The van der Waals surface area contributed by atoms with E-state index in [1.807, 2.05) is 13.0 Å². The summed E-state index contributed by atoms with van der Waals surface area (Å²) in [6.07, 6.45) is 9.30. The van der Waals surface area contributed by atoms with Crippen LogP contribution in [0.3, 0.4) is 0 Å². The zero-order valence-electron chi connectivity index (χ0n) is 16.7. The molecule has 6 atom stereocenters. The lowest BCUT2D eigenvalue weighted by atomic mass is 9.72. The number of hydrogen-bond acceptors (Lipinski definition) is 2. The second kappa shape index (κ2) is 9.80. The van der Waals surface area contributed by atoms with Gasteiger partial charge in [-0.3, -0.25) is 0 Å². The molecule has 148 valence electrons. The van der Waals surface area contributed by atoms with Gasteiger partial charge in [-0.2, -0.15) is 0 Å². The predicted octanol–water partition coefficient (Wildman–Crippen LogP) is 6.06. The molecule has 1 fully saturated rings. The molecule has 2 N–H and O–H groups in total. The van der Waals surface area contributed by atoms with Crippen LogP contribution in [0.15, 0.2) is 35.5 Å². The molecule has 0 aromatic carbocycles. The monoisotopic (exact) mass is 367 g/mol. The Hall–Kier alpha value is -1.00. The van der Waals surface area contributed by atoms with E-state index in [4.69, 9.17) is 10.5 Å². The minimum absolute atomic E-state index is 0.00359. The van der Waals surface area contributed by atoms with Crippen LogP contribution >= 0.6 is 0 Å². The molecule has 4 heteroatoms. The summed E-state index contributed by atoms with van der Waals surface area (Å²) < 4.78 is 33.9. The molecule has 6 unspecified atom stereocenters. The quantitative estimate of drug-likeness (QED) is 0.593. The first kappa shape index (κ1) is 21.3. The molecule has 0 radical (unpaired) electrons. The minimum Gasteiger partial charge on any atom is -0.363 e. The molecule has 0 spiro atoms. The van der Waals surface area contributed by atoms with Crippen LogP contribution in [0.5, 0.6) is 0 Å². The molecule has 0 amide bonds. The van der Waals surface area contributed by atoms with Gasteiger partial charge in [0.15, 0.2) is 11.7 Å². The van der Waals surface area contributed by atoms with E-state index in [1.54, 1.807) is 6.08 Å². The van der Waals surface area contributed by atoms with Gasteiger partial charge in [0.05, 0.1) is 6.61 Å². The highest BCUT2D eigenvalue weighted by Gasteiger charge is 2.31. The predicted molar refractivity (Wildman–Crippen MR) is 104 cm³/mol. The summed E-state index contributed by atoms with van der Waals surface area (Å²) in [5.41, 5.74) is 6.36. The second-order valence-electron chi connectivity index (χ2n) is 8.22. The molecule has 1 heterocycles. The Morgan fingerprint density at radius 3 is 2.58 bits per heavy atom. The fraction of sp³-hybridized carbons (Fsp3) is 0.727. The lowest BCUT2D eigenvalue weighted by Gasteiger charge is -2.35. The molecule has 2 rings (SSSR count). The molecule has 1 aliphatic carbocycles. The van der Waals surface area contributed by atoms with Crippen molar-refractivity contribution in [1.82, 2.24) is 0 Å². The maximum absolute atomic E-state index is 14.5. The van der Waals surface area contributed by atoms with Gasteiger partial charge in [-0.1, -0.05) is 46.3 Å². The molecule has 0 bridgehead atoms. The van der Waals surface area contributed by atoms with Gasteiger partial charge in [-0.15, -0.1) is 0 Å². The second-order valence-corrected chi connectivity index (χ2v) is 8.22. The Bertz CT molecular complexity index is 546. The summed E-state index contributed by atoms with van der Waals surface area (Å²) in [7, 11) is 0. The number of hydrogen-bond donors (Lipinski definition) is 1. The van der Waals surface area contributed by atoms with E-state index in [-0.39, 0.29) is 12.1 Å². The minimum atomic E-state index is -0.743. The average molecular weight is 368 g/mol. The number of rotatable bonds is 7. The zero-order valence-corrected chi connectivity index (χ0v) is 16.7. The standard InChI is InChI=1S/C22H35F2NO/c1-5-18(16(4)19-8-6-7-9-20(23)22(19)24)15(3)12-14(2)17-10-11-21(25)26-13-17/h7-9,14-18,21H,5-6,10-13,25H2,1-4H3. The van der Waals surface area contributed by atoms with Crippen molar-refractivity contribution >= 4 is 0 Å². The van der Waals surface area contributed by atoms with E-state index < -0.39 is 11.7 Å². The number of allylic oxidation sites excluding steroid dienone is 6. The Labute approximate surface area is 157 Å². The number of ether oxygens (including phenoxy) is 1. The van der Waals surface area contributed by atoms with E-state index >= 15 is 0 Å². The first-order valence-corrected chi connectivity index (χ1v) is 10.1. The van der Waals surface area contributed by atoms with Gasteiger partial charge in [-0.05, 0) is 66.9 Å². The molecule has 0 aromatic rings. The molecule has 1 aliphatic heterocycles. The molecule has 1 saturated heterocycles. The topological polar surface area (TPSA) is 35.2 Å². The Balaban J connectivity index is 2.02. The molecule has 2 nitrogen and oxygen atoms in total. The van der Waals surface area contributed by atoms with Crippen LogP contribution < -0.4 is 5.73 Å². The third-order valence-electron chi connectivity index (χ3n) is 6.43. The van der Waals surface area contributed by atoms with Crippen molar-refractivity contribution in [2.24, 2.45) is 35.3 Å². The summed E-state index contributed by atoms with van der Waals surface area (Å²) in [5.74, 6) is 0.428. The lowest BCUT2D eigenvalue weighted by molar-refractivity contribution is -0.0301. The average Bonchev–Trinajstić information content (AvgIpc) is 2.77. The van der Waals surface area contributed by atoms with Crippen LogP contribution in [0.1, 0.15) is 59.8 Å². The summed E-state index contributed by atoms with van der Waals surface area (Å²) >= 11 is 0. The van der Waals surface area contributed by atoms with Crippen molar-refractivity contribution in [2.75, 3.05) is 6.61 Å². The van der Waals surface area contributed by atoms with Gasteiger partial charge in [0.25, 0.3) is 0 Å². The maximum atomic E-state index is 14.5. The van der Waals surface area contributed by atoms with Gasteiger partial charge < -0.3 is 10.5 Å². The zero-order chi connectivity index (χ0) is 19.3. The highest BCUT2D eigenvalue weighted by atomic mass is 19.2. The molecule has 0 saturated carbocycles. The highest BCUT2D eigenvalue weighted by Crippen LogP contribution is 2.40. The van der Waals surface area contributed by atoms with Crippen LogP contribution in [0, 0.1) is 29.6 Å². The maximum Gasteiger partial charge on any atom is 0.161 e. The van der Waals surface area contributed by atoms with E-state index in [2.05, 4.69) is 20.8 Å². The van der Waals surface area contributed by atoms with Crippen LogP contribution in [0.2, 0.25) is 0 Å². The Morgan fingerprint density at radius 2 is 1.96 bits per heavy atom. The summed E-state index contributed by atoms with van der Waals surface area (Å²) in [5, 5.41) is 0. The normalized spacial score (nSPS) is 29.0. The summed E-state index contributed by atoms with van der Waals surface area (Å²) in [6, 6.07) is 0. The van der Waals surface area contributed by atoms with Crippen LogP contribution in [-0.2, 0) is 4.74 Å². The highest BCUT2D eigenvalue weighted by molar-refractivity contribution is 5.37. The van der Waals surface area contributed by atoms with Gasteiger partial charge in [0.1, 0.15) is 6.23 Å². The van der Waals surface area contributed by atoms with Crippen molar-refractivity contribution in [1.29, 1.82) is 0 Å². The third-order valence-corrected chi connectivity index (χ3v) is 6.43. The summed E-state index contributed by atoms with van der Waals surface area (Å²) in [6.45, 7) is 9.47. The fourth-order valence-electron chi connectivity index (χ4n) is 4.73. The van der Waals surface area contributed by atoms with Gasteiger partial charge in [0.2, 0.25) is 0 Å². The molecular formula is C22H35F2NO. The largest absolute Gasteiger partial charge is 0.363 e. The van der Waals surface area contributed by atoms with Crippen LogP contribution in [0.25, 0.3) is 0 Å². The SMILES string of the molecule is CCC(C(C)CC(C)C1CCC(N)OC1)C(C)C1=CCC=CC(F)=C1F. The molecule has 0 aromatic heterocycles. The van der Waals surface area contributed by atoms with E-state index in [1.165, 1.54) is 6.08 Å². The van der Waals surface area contributed by atoms with Crippen molar-refractivity contribution in [3.05, 3.63) is 35.5 Å². The van der Waals surface area contributed by atoms with E-state index in [0.29, 0.717) is 35.7 Å². The van der Waals surface area contributed by atoms with E-state index in [9.17, 15) is 8.78 Å². The molecule has 2 aliphatic rings. The van der Waals surface area contributed by atoms with Crippen LogP contribution in [-0.4, -0.2) is 12.8 Å². The first-order chi connectivity index (χ1) is 12.3. The smallest absolute Gasteiger partial charge is 0.161 e. The summed E-state index contributed by atoms with van der Waals surface area (Å²) in [4.78, 5) is 0. The van der Waals surface area contributed by atoms with Gasteiger partial charge in [-0.25, -0.2) is 8.78 Å². The van der Waals surface area contributed by atoms with Crippen molar-refractivity contribution in [2.45, 2.75) is 66.0 Å². The van der Waals surface area contributed by atoms with Crippen LogP contribution in [0.4, 0.5) is 8.78 Å². The first-order valence-electron chi connectivity index (χ1n) is 10.1. The lowest BCUT2D eigenvalue weighted by Crippen LogP contribution is -2.35. The van der Waals surface area contributed by atoms with Crippen molar-refractivity contribution in [3.63, 3.8) is 0 Å². The Morgan fingerprint density at radius 1 is 1.23 bits per heavy atom. The third kappa shape index (κ3) is 5.26. The Kier molecular flexibility index (Phi) is 8.03. The number of halogens is 2. The molecule has 26 heavy (non-hydrogen) atoms. The van der Waals surface area contributed by atoms with Crippen molar-refractivity contribution in [3.8, 4) is 0 Å². The molecular weight excluding hydrogens is 332 g/mol.